The van der Waals surface area contributed by atoms with E-state index in [9.17, 15) is 14.4 Å². The van der Waals surface area contributed by atoms with E-state index in [-0.39, 0.29) is 23.6 Å². The summed E-state index contributed by atoms with van der Waals surface area (Å²) >= 11 is 0. The van der Waals surface area contributed by atoms with E-state index in [0.717, 1.165) is 27.2 Å². The molecule has 1 unspecified atom stereocenters. The molecular formula is C24H23N2O3+. The van der Waals surface area contributed by atoms with Gasteiger partial charge < -0.3 is 0 Å². The molecule has 2 aromatic rings. The number of fused-ring (bicyclic) bond motifs is 5. The fraction of sp³-hybridized carbons (Fsp3) is 0.292. The average molecular weight is 387 g/mol. The van der Waals surface area contributed by atoms with E-state index in [0.29, 0.717) is 5.69 Å². The van der Waals surface area contributed by atoms with Crippen LogP contribution in [0.5, 0.6) is 0 Å². The minimum atomic E-state index is -0.628. The van der Waals surface area contributed by atoms with Crippen LogP contribution in [0.25, 0.3) is 6.08 Å². The summed E-state index contributed by atoms with van der Waals surface area (Å²) in [6, 6.07) is 12.9. The van der Waals surface area contributed by atoms with E-state index in [1.807, 2.05) is 68.6 Å². The number of nitrogens with zero attached hydrogens (tertiary/aromatic N) is 1. The molecule has 0 bridgehead atoms. The Kier molecular flexibility index (Phi) is 3.87. The van der Waals surface area contributed by atoms with Crippen molar-refractivity contribution in [3.63, 3.8) is 0 Å². The number of nitrogens with one attached hydrogen (secondary N) is 1. The maximum atomic E-state index is 13.6. The van der Waals surface area contributed by atoms with Crippen LogP contribution in [0.1, 0.15) is 35.2 Å². The van der Waals surface area contributed by atoms with Crippen molar-refractivity contribution in [2.24, 2.45) is 11.8 Å². The third-order valence-corrected chi connectivity index (χ3v) is 6.52. The molecule has 2 saturated heterocycles. The Balaban J connectivity index is 1.66. The lowest BCUT2D eigenvalue weighted by molar-refractivity contribution is -0.884. The van der Waals surface area contributed by atoms with Crippen molar-refractivity contribution in [1.82, 2.24) is 0 Å². The largest absolute Gasteiger partial charge is 0.293 e. The number of benzene rings is 2. The molecule has 3 aliphatic heterocycles. The summed E-state index contributed by atoms with van der Waals surface area (Å²) in [7, 11) is 0. The second-order valence-corrected chi connectivity index (χ2v) is 8.44. The van der Waals surface area contributed by atoms with Gasteiger partial charge in [0.2, 0.25) is 11.8 Å². The molecule has 5 rings (SSSR count). The Morgan fingerprint density at radius 1 is 0.966 bits per heavy atom. The normalized spacial score (nSPS) is 29.6. The number of rotatable bonds is 2. The average Bonchev–Trinajstić information content (AvgIpc) is 3.14. The summed E-state index contributed by atoms with van der Waals surface area (Å²) < 4.78 is 0. The van der Waals surface area contributed by atoms with Crippen molar-refractivity contribution in [2.75, 3.05) is 4.90 Å². The number of imide groups is 1. The van der Waals surface area contributed by atoms with Gasteiger partial charge in [0, 0.05) is 12.5 Å². The smallest absolute Gasteiger partial charge is 0.244 e. The summed E-state index contributed by atoms with van der Waals surface area (Å²) in [4.78, 5) is 42.0. The van der Waals surface area contributed by atoms with Crippen LogP contribution in [-0.2, 0) is 14.4 Å². The molecule has 5 atom stereocenters. The summed E-state index contributed by atoms with van der Waals surface area (Å²) in [5.41, 5.74) is 4.69. The number of anilines is 1. The lowest BCUT2D eigenvalue weighted by Crippen LogP contribution is -3.12. The topological polar surface area (TPSA) is 58.9 Å². The number of carbonyl (C=O) groups excluding carboxylic acids is 3. The number of amides is 2. The highest BCUT2D eigenvalue weighted by atomic mass is 16.2. The molecule has 1 N–H and O–H groups in total. The number of hydrogen-bond acceptors (Lipinski definition) is 3. The highest BCUT2D eigenvalue weighted by Crippen LogP contribution is 2.44. The summed E-state index contributed by atoms with van der Waals surface area (Å²) in [6.07, 6.45) is 3.95. The molecule has 0 aromatic heterocycles. The minimum Gasteiger partial charge on any atom is -0.293 e. The van der Waals surface area contributed by atoms with Gasteiger partial charge in [-0.2, -0.15) is 0 Å². The van der Waals surface area contributed by atoms with Gasteiger partial charge in [-0.3, -0.25) is 19.3 Å². The van der Waals surface area contributed by atoms with Crippen LogP contribution in [0.2, 0.25) is 0 Å². The second kappa shape index (κ2) is 6.22. The maximum Gasteiger partial charge on any atom is 0.244 e. The fourth-order valence-electron chi connectivity index (χ4n) is 5.56. The van der Waals surface area contributed by atoms with E-state index >= 15 is 0 Å². The zero-order chi connectivity index (χ0) is 20.4. The second-order valence-electron chi connectivity index (χ2n) is 8.44. The SMILES string of the molecule is CC(=O)[C@H]1[C@H]2C(=O)N(c3cc(C)cc(C)c3)C(=O)[C@H]2[C@@H]2c3ccccc3C=C[NH+]12. The van der Waals surface area contributed by atoms with Gasteiger partial charge in [0.05, 0.1) is 11.9 Å². The molecule has 0 saturated carbocycles. The molecule has 3 aliphatic rings. The molecule has 2 aromatic carbocycles. The van der Waals surface area contributed by atoms with Crippen molar-refractivity contribution in [2.45, 2.75) is 32.9 Å². The summed E-state index contributed by atoms with van der Waals surface area (Å²) in [5, 5.41) is 0. The van der Waals surface area contributed by atoms with Gasteiger partial charge in [-0.15, -0.1) is 0 Å². The Morgan fingerprint density at radius 2 is 1.62 bits per heavy atom. The van der Waals surface area contributed by atoms with Gasteiger partial charge in [-0.1, -0.05) is 30.3 Å². The molecule has 0 aliphatic carbocycles. The molecule has 2 amide bonds. The molecule has 3 heterocycles. The van der Waals surface area contributed by atoms with Crippen LogP contribution in [0.4, 0.5) is 5.69 Å². The van der Waals surface area contributed by atoms with E-state index in [4.69, 9.17) is 0 Å². The Bertz CT molecular complexity index is 1080. The van der Waals surface area contributed by atoms with Gasteiger partial charge in [0.1, 0.15) is 17.9 Å². The Morgan fingerprint density at radius 3 is 2.31 bits per heavy atom. The molecule has 5 heteroatoms. The zero-order valence-electron chi connectivity index (χ0n) is 16.7. The van der Waals surface area contributed by atoms with Crippen molar-refractivity contribution in [3.05, 3.63) is 70.9 Å². The van der Waals surface area contributed by atoms with Crippen LogP contribution in [0.3, 0.4) is 0 Å². The Labute approximate surface area is 169 Å². The lowest BCUT2D eigenvalue weighted by Gasteiger charge is -2.30. The molecular weight excluding hydrogens is 364 g/mol. The third kappa shape index (κ3) is 2.47. The minimum absolute atomic E-state index is 0.0510. The van der Waals surface area contributed by atoms with Gasteiger partial charge >= 0.3 is 0 Å². The number of carbonyl (C=O) groups is 3. The molecule has 5 nitrogen and oxygen atoms in total. The van der Waals surface area contributed by atoms with Gasteiger partial charge in [0.15, 0.2) is 11.8 Å². The Hall–Kier alpha value is -3.05. The molecule has 2 fully saturated rings. The zero-order valence-corrected chi connectivity index (χ0v) is 16.7. The van der Waals surface area contributed by atoms with Crippen molar-refractivity contribution >= 4 is 29.4 Å². The van der Waals surface area contributed by atoms with E-state index in [2.05, 4.69) is 0 Å². The summed E-state index contributed by atoms with van der Waals surface area (Å²) in [5.74, 6) is -1.65. The first kappa shape index (κ1) is 18.0. The predicted octanol–water partition coefficient (Wildman–Crippen LogP) is 1.99. The number of hydrogen-bond donors (Lipinski definition) is 1. The van der Waals surface area contributed by atoms with E-state index < -0.39 is 17.9 Å². The van der Waals surface area contributed by atoms with Crippen LogP contribution >= 0.6 is 0 Å². The molecule has 29 heavy (non-hydrogen) atoms. The molecule has 146 valence electrons. The fourth-order valence-corrected chi connectivity index (χ4v) is 5.56. The van der Waals surface area contributed by atoms with Gasteiger partial charge in [-0.05, 0) is 48.7 Å². The van der Waals surface area contributed by atoms with E-state index in [1.165, 1.54) is 11.8 Å². The van der Waals surface area contributed by atoms with Crippen LogP contribution in [-0.4, -0.2) is 23.6 Å². The summed E-state index contributed by atoms with van der Waals surface area (Å²) in [6.45, 7) is 5.44. The first-order valence-corrected chi connectivity index (χ1v) is 9.99. The monoisotopic (exact) mass is 387 g/mol. The predicted molar refractivity (Wildman–Crippen MR) is 109 cm³/mol. The van der Waals surface area contributed by atoms with Crippen LogP contribution in [0.15, 0.2) is 48.7 Å². The number of aryl methyl sites for hydroxylation is 2. The highest BCUT2D eigenvalue weighted by molar-refractivity contribution is 6.23. The van der Waals surface area contributed by atoms with Crippen molar-refractivity contribution in [3.8, 4) is 0 Å². The molecule has 0 spiro atoms. The quantitative estimate of drug-likeness (QED) is 0.802. The van der Waals surface area contributed by atoms with Crippen LogP contribution in [0, 0.1) is 25.7 Å². The maximum absolute atomic E-state index is 13.6. The van der Waals surface area contributed by atoms with Crippen LogP contribution < -0.4 is 9.80 Å². The first-order valence-electron chi connectivity index (χ1n) is 9.99. The van der Waals surface area contributed by atoms with Gasteiger partial charge in [-0.25, -0.2) is 4.90 Å². The lowest BCUT2D eigenvalue weighted by atomic mass is 9.84. The number of Topliss-reactive ketones (excluding diaryl/α,β-unsaturated/α-hetero) is 1. The van der Waals surface area contributed by atoms with Crippen molar-refractivity contribution < 1.29 is 19.3 Å². The number of ketones is 1. The molecule has 0 radical (unpaired) electrons. The standard InChI is InChI=1S/C24H22N2O3/c1-13-10-14(2)12-17(11-13)26-23(28)19-20(24(26)29)22-18-7-5-4-6-16(18)8-9-25(22)21(19)15(3)27/h4-12,19-22H,1-3H3/p+1/t19-,20+,21-,22-/m0/s1. The first-order chi connectivity index (χ1) is 13.9. The van der Waals surface area contributed by atoms with Gasteiger partial charge in [0.25, 0.3) is 0 Å². The third-order valence-electron chi connectivity index (χ3n) is 6.52. The highest BCUT2D eigenvalue weighted by Gasteiger charge is 2.67. The van der Waals surface area contributed by atoms with Crippen molar-refractivity contribution in [1.29, 1.82) is 0 Å². The van der Waals surface area contributed by atoms with E-state index in [1.54, 1.807) is 0 Å². The number of quaternary nitrogens is 1.